The van der Waals surface area contributed by atoms with Crippen LogP contribution < -0.4 is 16.2 Å². The van der Waals surface area contributed by atoms with Crippen molar-refractivity contribution in [2.75, 3.05) is 26.2 Å². The molecule has 0 unspecified atom stereocenters. The molecule has 22 heavy (non-hydrogen) atoms. The van der Waals surface area contributed by atoms with Crippen LogP contribution in [0.3, 0.4) is 0 Å². The molecular formula is C15H18FN3O3. The zero-order valence-corrected chi connectivity index (χ0v) is 12.0. The van der Waals surface area contributed by atoms with E-state index in [2.05, 4.69) is 0 Å². The van der Waals surface area contributed by atoms with Crippen LogP contribution in [0.5, 0.6) is 5.75 Å². The zero-order chi connectivity index (χ0) is 16.1. The Morgan fingerprint density at radius 1 is 1.45 bits per heavy atom. The zero-order valence-electron chi connectivity index (χ0n) is 12.0. The minimum atomic E-state index is -0.538. The van der Waals surface area contributed by atoms with Crippen LogP contribution in [0.15, 0.2) is 30.1 Å². The lowest BCUT2D eigenvalue weighted by Gasteiger charge is -2.27. The molecule has 2 amide bonds. The standard InChI is InChI=1S/C15H18FN3O3/c16-6-10(7-17)9-22-12-1-2-13-11(5-12)3-4-19(15(13)21)8-14(18)20/h1-2,5-6H,3-4,7-9,17H2,(H2,18,20)/b10-6-. The summed E-state index contributed by atoms with van der Waals surface area (Å²) >= 11 is 0. The Morgan fingerprint density at radius 2 is 2.23 bits per heavy atom. The van der Waals surface area contributed by atoms with Gasteiger partial charge in [0.15, 0.2) is 0 Å². The van der Waals surface area contributed by atoms with E-state index in [1.165, 1.54) is 4.90 Å². The summed E-state index contributed by atoms with van der Waals surface area (Å²) in [5, 5.41) is 0. The van der Waals surface area contributed by atoms with E-state index in [-0.39, 0.29) is 25.6 Å². The second-order valence-corrected chi connectivity index (χ2v) is 5.02. The van der Waals surface area contributed by atoms with Crippen LogP contribution in [0.2, 0.25) is 0 Å². The Balaban J connectivity index is 2.10. The topological polar surface area (TPSA) is 98.7 Å². The fraction of sp³-hybridized carbons (Fsp3) is 0.333. The third-order valence-electron chi connectivity index (χ3n) is 3.43. The third-order valence-corrected chi connectivity index (χ3v) is 3.43. The molecule has 0 aromatic heterocycles. The number of nitrogens with zero attached hydrogens (tertiary/aromatic N) is 1. The summed E-state index contributed by atoms with van der Waals surface area (Å²) in [7, 11) is 0. The number of hydrogen-bond acceptors (Lipinski definition) is 4. The molecule has 118 valence electrons. The van der Waals surface area contributed by atoms with Crippen molar-refractivity contribution < 1.29 is 18.7 Å². The number of fused-ring (bicyclic) bond motifs is 1. The molecule has 0 saturated heterocycles. The molecule has 0 fully saturated rings. The molecule has 1 aromatic rings. The molecule has 1 aliphatic heterocycles. The van der Waals surface area contributed by atoms with Gasteiger partial charge in [-0.05, 0) is 30.2 Å². The number of hydrogen-bond donors (Lipinski definition) is 2. The van der Waals surface area contributed by atoms with Crippen molar-refractivity contribution in [2.45, 2.75) is 6.42 Å². The van der Waals surface area contributed by atoms with E-state index in [0.717, 1.165) is 5.56 Å². The van der Waals surface area contributed by atoms with Crippen LogP contribution in [0, 0.1) is 0 Å². The van der Waals surface area contributed by atoms with Crippen LogP contribution in [0.1, 0.15) is 15.9 Å². The molecule has 0 saturated carbocycles. The smallest absolute Gasteiger partial charge is 0.254 e. The molecule has 7 heteroatoms. The van der Waals surface area contributed by atoms with Gasteiger partial charge in [0.25, 0.3) is 5.91 Å². The van der Waals surface area contributed by atoms with Gasteiger partial charge in [-0.1, -0.05) is 0 Å². The number of benzene rings is 1. The van der Waals surface area contributed by atoms with Gasteiger partial charge in [-0.2, -0.15) is 0 Å². The van der Waals surface area contributed by atoms with Crippen LogP contribution in [-0.2, 0) is 11.2 Å². The number of carbonyl (C=O) groups is 2. The Bertz CT molecular complexity index is 616. The quantitative estimate of drug-likeness (QED) is 0.792. The van der Waals surface area contributed by atoms with Crippen molar-refractivity contribution in [3.8, 4) is 5.75 Å². The van der Waals surface area contributed by atoms with E-state index in [4.69, 9.17) is 16.2 Å². The summed E-state index contributed by atoms with van der Waals surface area (Å²) in [5.41, 5.74) is 12.2. The Hall–Kier alpha value is -2.41. The van der Waals surface area contributed by atoms with Crippen LogP contribution in [0.25, 0.3) is 0 Å². The highest BCUT2D eigenvalue weighted by molar-refractivity contribution is 5.98. The largest absolute Gasteiger partial charge is 0.489 e. The highest BCUT2D eigenvalue weighted by Crippen LogP contribution is 2.24. The predicted molar refractivity (Wildman–Crippen MR) is 79.0 cm³/mol. The molecular weight excluding hydrogens is 289 g/mol. The molecule has 0 radical (unpaired) electrons. The highest BCUT2D eigenvalue weighted by atomic mass is 19.1. The number of carbonyl (C=O) groups excluding carboxylic acids is 2. The van der Waals surface area contributed by atoms with Gasteiger partial charge in [0.1, 0.15) is 12.4 Å². The van der Waals surface area contributed by atoms with Crippen molar-refractivity contribution in [1.29, 1.82) is 0 Å². The fourth-order valence-electron chi connectivity index (χ4n) is 2.25. The first-order valence-electron chi connectivity index (χ1n) is 6.86. The fourth-order valence-corrected chi connectivity index (χ4v) is 2.25. The number of rotatable bonds is 6. The van der Waals surface area contributed by atoms with Crippen LogP contribution >= 0.6 is 0 Å². The third kappa shape index (κ3) is 3.62. The van der Waals surface area contributed by atoms with Gasteiger partial charge in [-0.25, -0.2) is 4.39 Å². The SMILES string of the molecule is NC/C(=C/F)COc1ccc2c(c1)CCN(CC(N)=O)C2=O. The Morgan fingerprint density at radius 3 is 2.86 bits per heavy atom. The Kier molecular flexibility index (Phi) is 5.11. The molecule has 4 N–H and O–H groups in total. The van der Waals surface area contributed by atoms with E-state index in [1.54, 1.807) is 18.2 Å². The lowest BCUT2D eigenvalue weighted by Crippen LogP contribution is -2.42. The average molecular weight is 307 g/mol. The summed E-state index contributed by atoms with van der Waals surface area (Å²) in [4.78, 5) is 24.6. The van der Waals surface area contributed by atoms with Gasteiger partial charge in [0.2, 0.25) is 5.91 Å². The van der Waals surface area contributed by atoms with Crippen molar-refractivity contribution in [2.24, 2.45) is 11.5 Å². The minimum Gasteiger partial charge on any atom is -0.489 e. The molecule has 6 nitrogen and oxygen atoms in total. The van der Waals surface area contributed by atoms with Crippen molar-refractivity contribution in [3.63, 3.8) is 0 Å². The van der Waals surface area contributed by atoms with Gasteiger partial charge in [0, 0.05) is 24.2 Å². The molecule has 0 aliphatic carbocycles. The molecule has 2 rings (SSSR count). The molecule has 0 bridgehead atoms. The highest BCUT2D eigenvalue weighted by Gasteiger charge is 2.25. The van der Waals surface area contributed by atoms with Crippen molar-refractivity contribution >= 4 is 11.8 Å². The van der Waals surface area contributed by atoms with E-state index in [9.17, 15) is 14.0 Å². The predicted octanol–water partition coefficient (Wildman–Crippen LogP) is 0.361. The monoisotopic (exact) mass is 307 g/mol. The van der Waals surface area contributed by atoms with Crippen LogP contribution in [0.4, 0.5) is 4.39 Å². The van der Waals surface area contributed by atoms with Gasteiger partial charge in [-0.15, -0.1) is 0 Å². The second-order valence-electron chi connectivity index (χ2n) is 5.02. The molecule has 0 spiro atoms. The summed E-state index contributed by atoms with van der Waals surface area (Å²) in [6.07, 6.45) is 1.04. The summed E-state index contributed by atoms with van der Waals surface area (Å²) in [5.74, 6) is -0.218. The number of nitrogens with two attached hydrogens (primary N) is 2. The van der Waals surface area contributed by atoms with Gasteiger partial charge in [-0.3, -0.25) is 9.59 Å². The maximum Gasteiger partial charge on any atom is 0.254 e. The summed E-state index contributed by atoms with van der Waals surface area (Å²) < 4.78 is 17.9. The minimum absolute atomic E-state index is 0.0630. The average Bonchev–Trinajstić information content (AvgIpc) is 2.51. The maximum atomic E-state index is 12.4. The van der Waals surface area contributed by atoms with Gasteiger partial charge in [0.05, 0.1) is 12.9 Å². The van der Waals surface area contributed by atoms with E-state index >= 15 is 0 Å². The summed E-state index contributed by atoms with van der Waals surface area (Å²) in [6, 6.07) is 5.03. The Labute approximate surface area is 127 Å². The maximum absolute atomic E-state index is 12.4. The van der Waals surface area contributed by atoms with Crippen molar-refractivity contribution in [1.82, 2.24) is 4.90 Å². The second kappa shape index (κ2) is 7.04. The first kappa shape index (κ1) is 16.0. The lowest BCUT2D eigenvalue weighted by atomic mass is 9.98. The number of amides is 2. The summed E-state index contributed by atoms with van der Waals surface area (Å²) in [6.45, 7) is 0.490. The number of halogens is 1. The first-order chi connectivity index (χ1) is 10.5. The molecule has 1 aliphatic rings. The molecule has 0 atom stereocenters. The normalized spacial score (nSPS) is 14.7. The number of primary amides is 1. The molecule has 1 heterocycles. The van der Waals surface area contributed by atoms with Gasteiger partial charge < -0.3 is 21.1 Å². The van der Waals surface area contributed by atoms with E-state index in [0.29, 0.717) is 36.2 Å². The van der Waals surface area contributed by atoms with Crippen molar-refractivity contribution in [3.05, 3.63) is 41.2 Å². The molecule has 1 aromatic carbocycles. The first-order valence-corrected chi connectivity index (χ1v) is 6.86. The number of ether oxygens (including phenoxy) is 1. The van der Waals surface area contributed by atoms with E-state index < -0.39 is 5.91 Å². The van der Waals surface area contributed by atoms with E-state index in [1.807, 2.05) is 0 Å². The lowest BCUT2D eigenvalue weighted by molar-refractivity contribution is -0.118. The van der Waals surface area contributed by atoms with Crippen LogP contribution in [-0.4, -0.2) is 43.0 Å². The van der Waals surface area contributed by atoms with Gasteiger partial charge >= 0.3 is 0 Å².